The highest BCUT2D eigenvalue weighted by Gasteiger charge is 2.19. The van der Waals surface area contributed by atoms with Crippen LogP contribution in [0, 0.1) is 11.8 Å². The zero-order valence-electron chi connectivity index (χ0n) is 16.2. The van der Waals surface area contributed by atoms with Crippen molar-refractivity contribution in [3.63, 3.8) is 0 Å². The van der Waals surface area contributed by atoms with Crippen LogP contribution in [0.3, 0.4) is 0 Å². The second-order valence-corrected chi connectivity index (χ2v) is 7.28. The van der Waals surface area contributed by atoms with Gasteiger partial charge in [0.1, 0.15) is 5.75 Å². The molecule has 2 heterocycles. The van der Waals surface area contributed by atoms with Crippen LogP contribution in [0.5, 0.6) is 5.75 Å². The Balaban J connectivity index is 1.40. The number of benzene rings is 2. The van der Waals surface area contributed by atoms with Gasteiger partial charge in [0, 0.05) is 37.4 Å². The molecule has 1 fully saturated rings. The summed E-state index contributed by atoms with van der Waals surface area (Å²) in [5.41, 5.74) is 3.33. The van der Waals surface area contributed by atoms with E-state index in [4.69, 9.17) is 21.4 Å². The summed E-state index contributed by atoms with van der Waals surface area (Å²) in [6.07, 6.45) is 0. The van der Waals surface area contributed by atoms with Gasteiger partial charge in [-0.15, -0.1) is 5.10 Å². The first-order valence-corrected chi connectivity index (χ1v) is 9.80. The predicted octanol–water partition coefficient (Wildman–Crippen LogP) is 3.97. The maximum absolute atomic E-state index is 5.75. The number of piperazine rings is 1. The standard InChI is InChI=1S/C21H24N4O2S/c1-16-5-3-4-6-19(16)20-22-25(21(28)27-20)15-23-11-13-24(14-12-23)17-7-9-18(26-2)10-8-17/h3-10H,11-15H2,1-2H3. The van der Waals surface area contributed by atoms with Crippen molar-refractivity contribution in [3.05, 3.63) is 58.9 Å². The first-order chi connectivity index (χ1) is 13.6. The van der Waals surface area contributed by atoms with E-state index in [9.17, 15) is 0 Å². The summed E-state index contributed by atoms with van der Waals surface area (Å²) in [7, 11) is 1.69. The molecule has 0 aliphatic carbocycles. The molecule has 3 aromatic rings. The first kappa shape index (κ1) is 18.7. The van der Waals surface area contributed by atoms with Gasteiger partial charge in [0.15, 0.2) is 0 Å². The van der Waals surface area contributed by atoms with E-state index in [1.54, 1.807) is 11.8 Å². The van der Waals surface area contributed by atoms with Crippen molar-refractivity contribution < 1.29 is 9.15 Å². The second kappa shape index (κ2) is 8.16. The lowest BCUT2D eigenvalue weighted by molar-refractivity contribution is 0.192. The van der Waals surface area contributed by atoms with E-state index < -0.39 is 0 Å². The molecular weight excluding hydrogens is 372 g/mol. The van der Waals surface area contributed by atoms with Crippen molar-refractivity contribution in [3.8, 4) is 17.2 Å². The summed E-state index contributed by atoms with van der Waals surface area (Å²) < 4.78 is 12.8. The molecule has 0 radical (unpaired) electrons. The lowest BCUT2D eigenvalue weighted by Gasteiger charge is -2.35. The molecule has 1 saturated heterocycles. The van der Waals surface area contributed by atoms with E-state index >= 15 is 0 Å². The Morgan fingerprint density at radius 1 is 1.04 bits per heavy atom. The van der Waals surface area contributed by atoms with Crippen LogP contribution in [0.25, 0.3) is 11.5 Å². The highest BCUT2D eigenvalue weighted by Crippen LogP contribution is 2.23. The average Bonchev–Trinajstić information content (AvgIpc) is 3.09. The number of rotatable bonds is 5. The predicted molar refractivity (Wildman–Crippen MR) is 112 cm³/mol. The number of nitrogens with zero attached hydrogens (tertiary/aromatic N) is 4. The molecule has 1 aliphatic rings. The third kappa shape index (κ3) is 3.95. The van der Waals surface area contributed by atoms with Crippen LogP contribution in [0.4, 0.5) is 5.69 Å². The lowest BCUT2D eigenvalue weighted by Crippen LogP contribution is -2.46. The Hall–Kier alpha value is -2.64. The number of hydrogen-bond acceptors (Lipinski definition) is 6. The van der Waals surface area contributed by atoms with Gasteiger partial charge in [-0.3, -0.25) is 4.90 Å². The zero-order chi connectivity index (χ0) is 19.5. The molecule has 0 unspecified atom stereocenters. The van der Waals surface area contributed by atoms with Gasteiger partial charge >= 0.3 is 0 Å². The molecule has 0 N–H and O–H groups in total. The zero-order valence-corrected chi connectivity index (χ0v) is 17.0. The van der Waals surface area contributed by atoms with Gasteiger partial charge in [-0.25, -0.2) is 4.68 Å². The molecule has 2 aromatic carbocycles. The van der Waals surface area contributed by atoms with E-state index in [2.05, 4.69) is 27.0 Å². The molecule has 6 nitrogen and oxygen atoms in total. The molecule has 0 spiro atoms. The molecule has 1 aromatic heterocycles. The van der Waals surface area contributed by atoms with Crippen LogP contribution in [-0.2, 0) is 6.67 Å². The van der Waals surface area contributed by atoms with Crippen LogP contribution < -0.4 is 9.64 Å². The smallest absolute Gasteiger partial charge is 0.288 e. The maximum atomic E-state index is 5.75. The van der Waals surface area contributed by atoms with Crippen molar-refractivity contribution in [1.82, 2.24) is 14.7 Å². The van der Waals surface area contributed by atoms with E-state index in [0.29, 0.717) is 17.4 Å². The summed E-state index contributed by atoms with van der Waals surface area (Å²) in [5, 5.41) is 4.61. The number of ether oxygens (including phenoxy) is 1. The number of anilines is 1. The van der Waals surface area contributed by atoms with E-state index in [-0.39, 0.29) is 0 Å². The summed E-state index contributed by atoms with van der Waals surface area (Å²) in [6.45, 7) is 6.50. The van der Waals surface area contributed by atoms with E-state index in [1.165, 1.54) is 5.69 Å². The van der Waals surface area contributed by atoms with Crippen molar-refractivity contribution in [2.75, 3.05) is 38.2 Å². The average molecular weight is 397 g/mol. The minimum atomic E-state index is 0.413. The Bertz CT molecular complexity index is 988. The monoisotopic (exact) mass is 396 g/mol. The van der Waals surface area contributed by atoms with Gasteiger partial charge in [-0.1, -0.05) is 18.2 Å². The molecule has 0 saturated carbocycles. The fourth-order valence-corrected chi connectivity index (χ4v) is 3.62. The molecule has 146 valence electrons. The molecule has 7 heteroatoms. The van der Waals surface area contributed by atoms with Crippen LogP contribution in [0.15, 0.2) is 52.9 Å². The summed E-state index contributed by atoms with van der Waals surface area (Å²) in [5.74, 6) is 1.47. The Labute approximate surface area is 169 Å². The van der Waals surface area contributed by atoms with Crippen LogP contribution >= 0.6 is 12.2 Å². The van der Waals surface area contributed by atoms with Gasteiger partial charge in [-0.2, -0.15) is 0 Å². The van der Waals surface area contributed by atoms with Crippen molar-refractivity contribution in [1.29, 1.82) is 0 Å². The first-order valence-electron chi connectivity index (χ1n) is 9.39. The largest absolute Gasteiger partial charge is 0.497 e. The van der Waals surface area contributed by atoms with Gasteiger partial charge in [-0.05, 0) is 55.0 Å². The molecule has 1 aliphatic heterocycles. The van der Waals surface area contributed by atoms with Crippen molar-refractivity contribution in [2.45, 2.75) is 13.6 Å². The molecule has 4 rings (SSSR count). The minimum Gasteiger partial charge on any atom is -0.497 e. The normalized spacial score (nSPS) is 15.0. The maximum Gasteiger partial charge on any atom is 0.288 e. The third-order valence-electron chi connectivity index (χ3n) is 5.13. The topological polar surface area (TPSA) is 46.7 Å². The number of aryl methyl sites for hydroxylation is 1. The van der Waals surface area contributed by atoms with Crippen molar-refractivity contribution >= 4 is 17.9 Å². The van der Waals surface area contributed by atoms with Gasteiger partial charge in [0.05, 0.1) is 13.8 Å². The quantitative estimate of drug-likeness (QED) is 0.608. The van der Waals surface area contributed by atoms with Gasteiger partial charge in [0.25, 0.3) is 4.84 Å². The number of aromatic nitrogens is 2. The highest BCUT2D eigenvalue weighted by atomic mass is 32.1. The lowest BCUT2D eigenvalue weighted by atomic mass is 10.1. The molecule has 28 heavy (non-hydrogen) atoms. The van der Waals surface area contributed by atoms with E-state index in [0.717, 1.165) is 43.1 Å². The molecule has 0 atom stereocenters. The molecule has 0 amide bonds. The van der Waals surface area contributed by atoms with Crippen LogP contribution in [0.2, 0.25) is 0 Å². The summed E-state index contributed by atoms with van der Waals surface area (Å²) >= 11 is 5.39. The third-order valence-corrected chi connectivity index (χ3v) is 5.42. The Kier molecular flexibility index (Phi) is 5.45. The van der Waals surface area contributed by atoms with Crippen molar-refractivity contribution in [2.24, 2.45) is 0 Å². The second-order valence-electron chi connectivity index (χ2n) is 6.93. The summed E-state index contributed by atoms with van der Waals surface area (Å²) in [4.78, 5) is 5.15. The molecule has 0 bridgehead atoms. The fraction of sp³-hybridized carbons (Fsp3) is 0.333. The minimum absolute atomic E-state index is 0.413. The van der Waals surface area contributed by atoms with E-state index in [1.807, 2.05) is 43.3 Å². The molecular formula is C21H24N4O2S. The number of methoxy groups -OCH3 is 1. The Morgan fingerprint density at radius 2 is 1.75 bits per heavy atom. The highest BCUT2D eigenvalue weighted by molar-refractivity contribution is 7.71. The summed E-state index contributed by atoms with van der Waals surface area (Å²) in [6, 6.07) is 16.3. The number of hydrogen-bond donors (Lipinski definition) is 0. The Morgan fingerprint density at radius 3 is 2.43 bits per heavy atom. The fourth-order valence-electron chi connectivity index (χ4n) is 3.45. The van der Waals surface area contributed by atoms with Gasteiger partial charge in [0.2, 0.25) is 5.89 Å². The van der Waals surface area contributed by atoms with Gasteiger partial charge < -0.3 is 14.1 Å². The SMILES string of the molecule is COc1ccc(N2CCN(Cn3nc(-c4ccccc4C)oc3=S)CC2)cc1. The van der Waals surface area contributed by atoms with Crippen LogP contribution in [-0.4, -0.2) is 48.0 Å². The van der Waals surface area contributed by atoms with Crippen LogP contribution in [0.1, 0.15) is 5.56 Å².